The Bertz CT molecular complexity index is 1240. The van der Waals surface area contributed by atoms with Gasteiger partial charge >= 0.3 is 6.09 Å². The first-order valence-corrected chi connectivity index (χ1v) is 13.2. The molecule has 1 aliphatic rings. The van der Waals surface area contributed by atoms with E-state index in [0.717, 1.165) is 11.1 Å². The van der Waals surface area contributed by atoms with Gasteiger partial charge in [0.2, 0.25) is 0 Å². The Balaban J connectivity index is 1.24. The van der Waals surface area contributed by atoms with Gasteiger partial charge in [0, 0.05) is 5.92 Å². The Morgan fingerprint density at radius 2 is 1.18 bits per heavy atom. The zero-order valence-electron chi connectivity index (χ0n) is 21.6. The summed E-state index contributed by atoms with van der Waals surface area (Å²) in [5, 5.41) is 3.00. The van der Waals surface area contributed by atoms with Gasteiger partial charge in [-0.15, -0.1) is 0 Å². The van der Waals surface area contributed by atoms with E-state index in [4.69, 9.17) is 14.2 Å². The molecular weight excluding hydrogens is 474 g/mol. The van der Waals surface area contributed by atoms with Crippen molar-refractivity contribution in [2.24, 2.45) is 0 Å². The Morgan fingerprint density at radius 3 is 1.68 bits per heavy atom. The molecule has 194 valence electrons. The second kappa shape index (κ2) is 12.5. The fourth-order valence-corrected chi connectivity index (χ4v) is 4.94. The van der Waals surface area contributed by atoms with Crippen LogP contribution in [0.1, 0.15) is 41.5 Å². The molecule has 1 aliphatic carbocycles. The topological polar surface area (TPSA) is 56.8 Å². The Labute approximate surface area is 224 Å². The normalized spacial score (nSPS) is 13.1. The number of benzene rings is 4. The minimum absolute atomic E-state index is 0.00712. The molecule has 0 saturated heterocycles. The number of amides is 1. The van der Waals surface area contributed by atoms with Crippen molar-refractivity contribution in [2.45, 2.75) is 44.8 Å². The summed E-state index contributed by atoms with van der Waals surface area (Å²) in [6, 6.07) is 36.1. The number of hydrogen-bond donors (Lipinski definition) is 1. The maximum absolute atomic E-state index is 13.0. The third-order valence-corrected chi connectivity index (χ3v) is 6.93. The van der Waals surface area contributed by atoms with Gasteiger partial charge in [-0.2, -0.15) is 0 Å². The molecule has 1 unspecified atom stereocenters. The van der Waals surface area contributed by atoms with Crippen LogP contribution in [0, 0.1) is 0 Å². The highest BCUT2D eigenvalue weighted by atomic mass is 16.7. The van der Waals surface area contributed by atoms with Gasteiger partial charge in [-0.3, -0.25) is 0 Å². The number of hydrogen-bond acceptors (Lipinski definition) is 4. The summed E-state index contributed by atoms with van der Waals surface area (Å²) in [5.41, 5.74) is 6.85. The SMILES string of the molecule is CCC(NC(=O)OCC1c2ccccc2-c2ccccc21)C(OCc1ccccc1)OCc1ccccc1. The molecule has 0 saturated carbocycles. The van der Waals surface area contributed by atoms with Gasteiger partial charge in [-0.1, -0.05) is 116 Å². The highest BCUT2D eigenvalue weighted by molar-refractivity contribution is 5.79. The lowest BCUT2D eigenvalue weighted by atomic mass is 9.98. The van der Waals surface area contributed by atoms with Gasteiger partial charge in [0.05, 0.1) is 19.3 Å². The van der Waals surface area contributed by atoms with Gasteiger partial charge in [0.25, 0.3) is 0 Å². The molecule has 1 amide bonds. The maximum atomic E-state index is 13.0. The fraction of sp³-hybridized carbons (Fsp3) is 0.242. The predicted octanol–water partition coefficient (Wildman–Crippen LogP) is 7.06. The molecule has 1 atom stereocenters. The van der Waals surface area contributed by atoms with Crippen LogP contribution in [-0.4, -0.2) is 25.0 Å². The van der Waals surface area contributed by atoms with Crippen molar-refractivity contribution in [3.63, 3.8) is 0 Å². The van der Waals surface area contributed by atoms with E-state index < -0.39 is 12.4 Å². The lowest BCUT2D eigenvalue weighted by Crippen LogP contribution is -2.45. The maximum Gasteiger partial charge on any atom is 0.407 e. The van der Waals surface area contributed by atoms with Gasteiger partial charge in [0.15, 0.2) is 6.29 Å². The second-order valence-electron chi connectivity index (χ2n) is 9.45. The van der Waals surface area contributed by atoms with E-state index in [-0.39, 0.29) is 18.6 Å². The summed E-state index contributed by atoms with van der Waals surface area (Å²) >= 11 is 0. The van der Waals surface area contributed by atoms with Gasteiger partial charge < -0.3 is 19.5 Å². The third-order valence-electron chi connectivity index (χ3n) is 6.93. The van der Waals surface area contributed by atoms with Gasteiger partial charge in [-0.25, -0.2) is 4.79 Å². The molecule has 0 heterocycles. The highest BCUT2D eigenvalue weighted by Crippen LogP contribution is 2.44. The summed E-state index contributed by atoms with van der Waals surface area (Å²) in [5.74, 6) is 0.00712. The number of alkyl carbamates (subject to hydrolysis) is 1. The van der Waals surface area contributed by atoms with Crippen LogP contribution < -0.4 is 5.32 Å². The van der Waals surface area contributed by atoms with E-state index in [1.54, 1.807) is 0 Å². The highest BCUT2D eigenvalue weighted by Gasteiger charge is 2.30. The molecule has 1 N–H and O–H groups in total. The predicted molar refractivity (Wildman–Crippen MR) is 149 cm³/mol. The number of rotatable bonds is 11. The van der Waals surface area contributed by atoms with Crippen molar-refractivity contribution in [2.75, 3.05) is 6.61 Å². The summed E-state index contributed by atoms with van der Waals surface area (Å²) in [6.07, 6.45) is -0.491. The van der Waals surface area contributed by atoms with Crippen molar-refractivity contribution in [3.05, 3.63) is 131 Å². The van der Waals surface area contributed by atoms with Crippen LogP contribution in [0.15, 0.2) is 109 Å². The minimum atomic E-state index is -0.638. The number of ether oxygens (including phenoxy) is 3. The zero-order valence-corrected chi connectivity index (χ0v) is 21.6. The van der Waals surface area contributed by atoms with E-state index >= 15 is 0 Å². The van der Waals surface area contributed by atoms with Crippen molar-refractivity contribution >= 4 is 6.09 Å². The fourth-order valence-electron chi connectivity index (χ4n) is 4.94. The van der Waals surface area contributed by atoms with Crippen LogP contribution >= 0.6 is 0 Å². The summed E-state index contributed by atoms with van der Waals surface area (Å²) in [7, 11) is 0. The summed E-state index contributed by atoms with van der Waals surface area (Å²) in [6.45, 7) is 3.02. The van der Waals surface area contributed by atoms with E-state index in [1.807, 2.05) is 91.9 Å². The second-order valence-corrected chi connectivity index (χ2v) is 9.45. The van der Waals surface area contributed by atoms with Crippen LogP contribution in [0.4, 0.5) is 4.79 Å². The molecular formula is C33H33NO4. The molecule has 5 rings (SSSR count). The van der Waals surface area contributed by atoms with Crippen LogP contribution in [0.25, 0.3) is 11.1 Å². The Hall–Kier alpha value is -3.93. The number of carbonyl (C=O) groups excluding carboxylic acids is 1. The lowest BCUT2D eigenvalue weighted by Gasteiger charge is -2.27. The first-order valence-electron chi connectivity index (χ1n) is 13.2. The average Bonchev–Trinajstić information content (AvgIpc) is 3.30. The molecule has 0 spiro atoms. The van der Waals surface area contributed by atoms with E-state index in [0.29, 0.717) is 19.6 Å². The molecule has 0 radical (unpaired) electrons. The largest absolute Gasteiger partial charge is 0.449 e. The van der Waals surface area contributed by atoms with Crippen molar-refractivity contribution in [1.82, 2.24) is 5.32 Å². The number of carbonyl (C=O) groups is 1. The smallest absolute Gasteiger partial charge is 0.407 e. The quantitative estimate of drug-likeness (QED) is 0.221. The monoisotopic (exact) mass is 507 g/mol. The van der Waals surface area contributed by atoms with E-state index in [2.05, 4.69) is 29.6 Å². The molecule has 0 aromatic heterocycles. The van der Waals surface area contributed by atoms with Crippen LogP contribution in [0.2, 0.25) is 0 Å². The van der Waals surface area contributed by atoms with Crippen LogP contribution in [-0.2, 0) is 27.4 Å². The van der Waals surface area contributed by atoms with E-state index in [9.17, 15) is 4.79 Å². The lowest BCUT2D eigenvalue weighted by molar-refractivity contribution is -0.172. The van der Waals surface area contributed by atoms with Crippen molar-refractivity contribution in [3.8, 4) is 11.1 Å². The minimum Gasteiger partial charge on any atom is -0.449 e. The molecule has 0 bridgehead atoms. The van der Waals surface area contributed by atoms with Crippen LogP contribution in [0.3, 0.4) is 0 Å². The molecule has 4 aromatic carbocycles. The van der Waals surface area contributed by atoms with Gasteiger partial charge in [-0.05, 0) is 39.8 Å². The molecule has 38 heavy (non-hydrogen) atoms. The first kappa shape index (κ1) is 25.7. The molecule has 5 heteroatoms. The summed E-state index contributed by atoms with van der Waals surface area (Å²) in [4.78, 5) is 13.0. The molecule has 5 nitrogen and oxygen atoms in total. The standard InChI is InChI=1S/C33H33NO4/c1-2-31(32(36-21-24-13-5-3-6-14-24)37-22-25-15-7-4-8-16-25)34-33(35)38-23-30-28-19-11-9-17-26(28)27-18-10-12-20-29(27)30/h3-20,30-32H,2,21-23H2,1H3,(H,34,35). The molecule has 0 fully saturated rings. The number of nitrogens with one attached hydrogen (secondary N) is 1. The number of fused-ring (bicyclic) bond motifs is 3. The third kappa shape index (κ3) is 6.13. The first-order chi connectivity index (χ1) is 18.7. The summed E-state index contributed by atoms with van der Waals surface area (Å²) < 4.78 is 18.2. The van der Waals surface area contributed by atoms with E-state index in [1.165, 1.54) is 22.3 Å². The average molecular weight is 508 g/mol. The van der Waals surface area contributed by atoms with Gasteiger partial charge in [0.1, 0.15) is 6.61 Å². The Morgan fingerprint density at radius 1 is 0.711 bits per heavy atom. The van der Waals surface area contributed by atoms with Crippen molar-refractivity contribution in [1.29, 1.82) is 0 Å². The molecule has 4 aromatic rings. The van der Waals surface area contributed by atoms with Crippen LogP contribution in [0.5, 0.6) is 0 Å². The molecule has 0 aliphatic heterocycles. The van der Waals surface area contributed by atoms with Crippen molar-refractivity contribution < 1.29 is 19.0 Å². The zero-order chi connectivity index (χ0) is 26.2. The Kier molecular flexibility index (Phi) is 8.49.